The minimum atomic E-state index is -4.18. The van der Waals surface area contributed by atoms with Gasteiger partial charge in [0.15, 0.2) is 0 Å². The van der Waals surface area contributed by atoms with Gasteiger partial charge in [0.1, 0.15) is 11.0 Å². The molecule has 1 amide bonds. The molecular formula is C36H45ClN2O7S. The molecule has 1 spiro atoms. The summed E-state index contributed by atoms with van der Waals surface area (Å²) in [5.74, 6) is 0.285. The maximum absolute atomic E-state index is 13.9. The summed E-state index contributed by atoms with van der Waals surface area (Å²) in [6, 6.07) is 11.3. The number of rotatable bonds is 3. The van der Waals surface area contributed by atoms with Crippen LogP contribution in [0.5, 0.6) is 5.75 Å². The van der Waals surface area contributed by atoms with E-state index in [4.69, 9.17) is 25.8 Å². The molecule has 1 saturated carbocycles. The average Bonchev–Trinajstić information content (AvgIpc) is 3.50. The van der Waals surface area contributed by atoms with Gasteiger partial charge in [-0.15, -0.1) is 0 Å². The third kappa shape index (κ3) is 6.56. The summed E-state index contributed by atoms with van der Waals surface area (Å²) >= 11 is 6.41. The third-order valence-corrected chi connectivity index (χ3v) is 13.2. The number of ether oxygens (including phenoxy) is 3. The maximum atomic E-state index is 13.9. The molecule has 1 unspecified atom stereocenters. The van der Waals surface area contributed by atoms with E-state index in [0.29, 0.717) is 32.1 Å². The summed E-state index contributed by atoms with van der Waals surface area (Å²) in [5, 5.41) is 11.0. The number of fused-ring (bicyclic) bond motifs is 4. The smallest absolute Gasteiger partial charge is 0.264 e. The second-order valence-electron chi connectivity index (χ2n) is 14.1. The normalized spacial score (nSPS) is 34.3. The zero-order valence-electron chi connectivity index (χ0n) is 26.9. The van der Waals surface area contributed by atoms with Crippen molar-refractivity contribution in [2.24, 2.45) is 11.8 Å². The molecule has 1 saturated heterocycles. The first kappa shape index (κ1) is 32.9. The molecule has 2 N–H and O–H groups in total. The molecule has 2 aliphatic carbocycles. The first-order chi connectivity index (χ1) is 22.7. The quantitative estimate of drug-likeness (QED) is 0.426. The van der Waals surface area contributed by atoms with Gasteiger partial charge in [0.2, 0.25) is 10.0 Å². The Bertz CT molecular complexity index is 1630. The molecular weight excluding hydrogens is 640 g/mol. The lowest BCUT2D eigenvalue weighted by Crippen LogP contribution is -2.49. The van der Waals surface area contributed by atoms with Crippen LogP contribution in [0.15, 0.2) is 48.6 Å². The number of carbonyl (C=O) groups excluding carboxylic acids is 1. The Morgan fingerprint density at radius 2 is 2.02 bits per heavy atom. The van der Waals surface area contributed by atoms with Crippen LogP contribution >= 0.6 is 11.6 Å². The molecule has 254 valence electrons. The number of aliphatic hydroxyl groups is 1. The van der Waals surface area contributed by atoms with Crippen molar-refractivity contribution in [1.29, 1.82) is 0 Å². The lowest BCUT2D eigenvalue weighted by Gasteiger charge is -2.45. The van der Waals surface area contributed by atoms with Crippen LogP contribution in [0.2, 0.25) is 5.02 Å². The van der Waals surface area contributed by atoms with Gasteiger partial charge < -0.3 is 24.2 Å². The number of hydrogen-bond donors (Lipinski definition) is 2. The lowest BCUT2D eigenvalue weighted by atomic mass is 9.68. The van der Waals surface area contributed by atoms with E-state index in [9.17, 15) is 18.3 Å². The van der Waals surface area contributed by atoms with Crippen LogP contribution < -0.4 is 14.4 Å². The Kier molecular flexibility index (Phi) is 9.34. The molecule has 0 aromatic heterocycles. The van der Waals surface area contributed by atoms with E-state index in [2.05, 4.69) is 21.8 Å². The van der Waals surface area contributed by atoms with Crippen LogP contribution in [0.1, 0.15) is 72.9 Å². The first-order valence-electron chi connectivity index (χ1n) is 17.0. The fourth-order valence-electron chi connectivity index (χ4n) is 8.54. The van der Waals surface area contributed by atoms with E-state index in [-0.39, 0.29) is 41.8 Å². The van der Waals surface area contributed by atoms with Gasteiger partial charge in [0.05, 0.1) is 30.6 Å². The summed E-state index contributed by atoms with van der Waals surface area (Å²) in [7, 11) is -2.69. The summed E-state index contributed by atoms with van der Waals surface area (Å²) in [6.45, 7) is 2.43. The molecule has 0 radical (unpaired) electrons. The maximum Gasteiger partial charge on any atom is 0.264 e. The standard InChI is InChI=1S/C36H45ClN2O7S/c1-44-33-8-2-7-31(40)28-12-9-25(28)20-39-21-36(15-3-5-23-17-26(37)11-13-29(23)36)22-46-32-14-10-24(18-30(32)39)35(41)38-47(42,43)34(33)19-27-6-4-16-45-27/h2,7,10-11,13-14,17-18,25,27-28,31,33-34,40H,3-6,8-9,12,15-16,19-22H2,1H3,(H,38,41)/b7-2+/t25-,27+,28+,31-,33?,34+,36-/m0/s1. The average molecular weight is 685 g/mol. The number of amides is 1. The van der Waals surface area contributed by atoms with Gasteiger partial charge in [-0.05, 0) is 111 Å². The molecule has 3 heterocycles. The number of aryl methyl sites for hydroxylation is 1. The largest absolute Gasteiger partial charge is 0.490 e. The monoisotopic (exact) mass is 684 g/mol. The van der Waals surface area contributed by atoms with E-state index in [1.807, 2.05) is 12.1 Å². The van der Waals surface area contributed by atoms with Gasteiger partial charge in [-0.1, -0.05) is 29.8 Å². The summed E-state index contributed by atoms with van der Waals surface area (Å²) in [5.41, 5.74) is 3.21. The zero-order chi connectivity index (χ0) is 32.8. The Labute approximate surface area is 282 Å². The van der Waals surface area contributed by atoms with E-state index >= 15 is 0 Å². The van der Waals surface area contributed by atoms with Crippen molar-refractivity contribution in [2.45, 2.75) is 86.8 Å². The predicted octanol–water partition coefficient (Wildman–Crippen LogP) is 5.17. The number of sulfonamides is 1. The molecule has 7 atom stereocenters. The Balaban J connectivity index is 1.27. The minimum absolute atomic E-state index is 0.0686. The van der Waals surface area contributed by atoms with Crippen LogP contribution in [-0.4, -0.2) is 76.4 Å². The molecule has 47 heavy (non-hydrogen) atoms. The molecule has 2 aromatic carbocycles. The van der Waals surface area contributed by atoms with Gasteiger partial charge in [-0.2, -0.15) is 0 Å². The van der Waals surface area contributed by atoms with Gasteiger partial charge in [-0.3, -0.25) is 4.79 Å². The molecule has 7 rings (SSSR count). The number of nitrogens with zero attached hydrogens (tertiary/aromatic N) is 1. The van der Waals surface area contributed by atoms with Crippen LogP contribution in [0.3, 0.4) is 0 Å². The van der Waals surface area contributed by atoms with Crippen LogP contribution in [0, 0.1) is 11.8 Å². The predicted molar refractivity (Wildman–Crippen MR) is 181 cm³/mol. The number of methoxy groups -OCH3 is 1. The van der Waals surface area contributed by atoms with Gasteiger partial charge in [-0.25, -0.2) is 13.1 Å². The minimum Gasteiger partial charge on any atom is -0.490 e. The number of anilines is 1. The lowest BCUT2D eigenvalue weighted by molar-refractivity contribution is 0.0447. The molecule has 2 fully saturated rings. The Hall–Kier alpha value is -2.63. The van der Waals surface area contributed by atoms with Crippen LogP contribution in [0.25, 0.3) is 0 Å². The van der Waals surface area contributed by atoms with Crippen molar-refractivity contribution >= 4 is 33.2 Å². The Morgan fingerprint density at radius 1 is 1.15 bits per heavy atom. The SMILES string of the molecule is COC1C/C=C/[C@H](O)[C@@H]2CC[C@H]2CN2C[C@@]3(CCCc4cc(Cl)ccc43)COc3ccc(cc32)C(=O)NS(=O)(=O)[C@@H]1C[C@H]1CCCO1. The number of halogens is 1. The van der Waals surface area contributed by atoms with Crippen molar-refractivity contribution in [3.8, 4) is 5.75 Å². The Morgan fingerprint density at radius 3 is 2.79 bits per heavy atom. The van der Waals surface area contributed by atoms with Gasteiger partial charge >= 0.3 is 0 Å². The van der Waals surface area contributed by atoms with Crippen molar-refractivity contribution in [1.82, 2.24) is 4.72 Å². The molecule has 5 aliphatic rings. The highest BCUT2D eigenvalue weighted by Gasteiger charge is 2.45. The van der Waals surface area contributed by atoms with Crippen molar-refractivity contribution < 1.29 is 32.5 Å². The molecule has 9 nitrogen and oxygen atoms in total. The fourth-order valence-corrected chi connectivity index (χ4v) is 10.3. The summed E-state index contributed by atoms with van der Waals surface area (Å²) in [4.78, 5) is 16.1. The van der Waals surface area contributed by atoms with Crippen molar-refractivity contribution in [3.63, 3.8) is 0 Å². The van der Waals surface area contributed by atoms with Crippen molar-refractivity contribution in [2.75, 3.05) is 38.3 Å². The fraction of sp³-hybridized carbons (Fsp3) is 0.583. The second kappa shape index (κ2) is 13.3. The van der Waals surface area contributed by atoms with E-state index in [1.54, 1.807) is 24.3 Å². The van der Waals surface area contributed by atoms with Gasteiger partial charge in [0, 0.05) is 42.8 Å². The number of nitrogens with one attached hydrogen (secondary N) is 1. The summed E-state index contributed by atoms with van der Waals surface area (Å²) < 4.78 is 48.4. The van der Waals surface area contributed by atoms with E-state index < -0.39 is 33.4 Å². The highest BCUT2D eigenvalue weighted by atomic mass is 35.5. The van der Waals surface area contributed by atoms with Gasteiger partial charge in [0.25, 0.3) is 5.91 Å². The number of aliphatic hydroxyl groups excluding tert-OH is 1. The van der Waals surface area contributed by atoms with Crippen LogP contribution in [0.4, 0.5) is 5.69 Å². The van der Waals surface area contributed by atoms with Crippen LogP contribution in [-0.2, 0) is 31.3 Å². The molecule has 3 aliphatic heterocycles. The van der Waals surface area contributed by atoms with E-state index in [0.717, 1.165) is 55.7 Å². The number of hydrogen-bond acceptors (Lipinski definition) is 8. The highest BCUT2D eigenvalue weighted by Crippen LogP contribution is 2.47. The molecule has 2 bridgehead atoms. The number of benzene rings is 2. The summed E-state index contributed by atoms with van der Waals surface area (Å²) in [6.07, 6.45) is 8.95. The first-order valence-corrected chi connectivity index (χ1v) is 18.9. The second-order valence-corrected chi connectivity index (χ2v) is 16.4. The topological polar surface area (TPSA) is 114 Å². The zero-order valence-corrected chi connectivity index (χ0v) is 28.5. The van der Waals surface area contributed by atoms with Crippen molar-refractivity contribution in [3.05, 3.63) is 70.3 Å². The molecule has 11 heteroatoms. The third-order valence-electron chi connectivity index (χ3n) is 11.2. The molecule has 2 aromatic rings. The van der Waals surface area contributed by atoms with E-state index in [1.165, 1.54) is 18.2 Å². The highest BCUT2D eigenvalue weighted by molar-refractivity contribution is 7.90. The number of carbonyl (C=O) groups is 1.